The third-order valence-corrected chi connectivity index (χ3v) is 6.22. The number of ether oxygens (including phenoxy) is 1. The second-order valence-electron chi connectivity index (χ2n) is 8.07. The summed E-state index contributed by atoms with van der Waals surface area (Å²) in [7, 11) is -3.30. The van der Waals surface area contributed by atoms with Crippen LogP contribution in [0.2, 0.25) is 0 Å². The lowest BCUT2D eigenvalue weighted by molar-refractivity contribution is 0.0661. The van der Waals surface area contributed by atoms with Crippen LogP contribution in [0.5, 0.6) is 0 Å². The predicted molar refractivity (Wildman–Crippen MR) is 104 cm³/mol. The molecule has 0 aromatic carbocycles. The zero-order valence-electron chi connectivity index (χ0n) is 16.1. The molecule has 0 radical (unpaired) electrons. The van der Waals surface area contributed by atoms with Gasteiger partial charge in [-0.2, -0.15) is 0 Å². The van der Waals surface area contributed by atoms with E-state index in [0.29, 0.717) is 11.6 Å². The fraction of sp³-hybridized carbons (Fsp3) is 0.632. The Morgan fingerprint density at radius 3 is 2.62 bits per heavy atom. The van der Waals surface area contributed by atoms with Crippen LogP contribution in [-0.2, 0) is 26.6 Å². The van der Waals surface area contributed by atoms with Gasteiger partial charge in [-0.05, 0) is 38.2 Å². The van der Waals surface area contributed by atoms with Crippen molar-refractivity contribution in [3.8, 4) is 0 Å². The lowest BCUT2D eigenvalue weighted by Crippen LogP contribution is -2.21. The highest BCUT2D eigenvalue weighted by atomic mass is 32.2. The number of aromatic nitrogens is 2. The van der Waals surface area contributed by atoms with Crippen molar-refractivity contribution in [3.05, 3.63) is 29.7 Å². The van der Waals surface area contributed by atoms with Gasteiger partial charge in [0.1, 0.15) is 5.65 Å². The maximum atomic E-state index is 11.8. The second-order valence-corrected chi connectivity index (χ2v) is 10.1. The summed E-state index contributed by atoms with van der Waals surface area (Å²) in [5.74, 6) is 0.650. The Labute approximate surface area is 156 Å². The molecule has 3 rings (SSSR count). The van der Waals surface area contributed by atoms with Crippen molar-refractivity contribution >= 4 is 21.4 Å². The summed E-state index contributed by atoms with van der Waals surface area (Å²) >= 11 is 0. The Hall–Kier alpha value is -1.60. The van der Waals surface area contributed by atoms with E-state index in [-0.39, 0.29) is 11.2 Å². The normalized spacial score (nSPS) is 16.9. The molecule has 7 heteroatoms. The molecule has 1 N–H and O–H groups in total. The SMILES string of the molecule is CCS(=O)(=O)Nc1ccn2c(CC3CCOCC3)c(C(C)(C)C)nc2c1. The van der Waals surface area contributed by atoms with Crippen LogP contribution >= 0.6 is 0 Å². The molecule has 0 saturated carbocycles. The first-order chi connectivity index (χ1) is 12.2. The number of sulfonamides is 1. The maximum absolute atomic E-state index is 11.8. The van der Waals surface area contributed by atoms with Gasteiger partial charge in [-0.15, -0.1) is 0 Å². The average molecular weight is 380 g/mol. The Morgan fingerprint density at radius 2 is 2.00 bits per heavy atom. The molecule has 0 amide bonds. The smallest absolute Gasteiger partial charge is 0.232 e. The minimum atomic E-state index is -3.30. The van der Waals surface area contributed by atoms with Gasteiger partial charge in [-0.25, -0.2) is 13.4 Å². The highest BCUT2D eigenvalue weighted by Crippen LogP contribution is 2.31. The number of rotatable bonds is 5. The minimum Gasteiger partial charge on any atom is -0.381 e. The van der Waals surface area contributed by atoms with Crippen molar-refractivity contribution in [1.82, 2.24) is 9.38 Å². The minimum absolute atomic E-state index is 0.0505. The van der Waals surface area contributed by atoms with Crippen LogP contribution in [0.1, 0.15) is 51.9 Å². The Kier molecular flexibility index (Phi) is 5.30. The number of pyridine rings is 1. The van der Waals surface area contributed by atoms with E-state index in [2.05, 4.69) is 29.9 Å². The number of hydrogen-bond donors (Lipinski definition) is 1. The summed E-state index contributed by atoms with van der Waals surface area (Å²) < 4.78 is 33.9. The van der Waals surface area contributed by atoms with Crippen LogP contribution in [0.25, 0.3) is 5.65 Å². The molecule has 1 fully saturated rings. The molecular formula is C19H29N3O3S. The molecule has 0 aliphatic carbocycles. The Bertz CT molecular complexity index is 875. The molecule has 1 aliphatic rings. The van der Waals surface area contributed by atoms with Crippen LogP contribution in [0.4, 0.5) is 5.69 Å². The summed E-state index contributed by atoms with van der Waals surface area (Å²) in [5, 5.41) is 0. The molecule has 26 heavy (non-hydrogen) atoms. The summed E-state index contributed by atoms with van der Waals surface area (Å²) in [4.78, 5) is 4.86. The zero-order valence-corrected chi connectivity index (χ0v) is 16.9. The largest absolute Gasteiger partial charge is 0.381 e. The topological polar surface area (TPSA) is 72.7 Å². The first-order valence-corrected chi connectivity index (χ1v) is 10.9. The first-order valence-electron chi connectivity index (χ1n) is 9.29. The summed E-state index contributed by atoms with van der Waals surface area (Å²) in [6.45, 7) is 9.79. The number of nitrogens with one attached hydrogen (secondary N) is 1. The number of anilines is 1. The third kappa shape index (κ3) is 4.20. The number of fused-ring (bicyclic) bond motifs is 1. The first kappa shape index (κ1) is 19.2. The van der Waals surface area contributed by atoms with E-state index in [4.69, 9.17) is 9.72 Å². The highest BCUT2D eigenvalue weighted by Gasteiger charge is 2.26. The maximum Gasteiger partial charge on any atom is 0.232 e. The van der Waals surface area contributed by atoms with Gasteiger partial charge in [0.2, 0.25) is 10.0 Å². The molecule has 0 unspecified atom stereocenters. The second kappa shape index (κ2) is 7.19. The predicted octanol–water partition coefficient (Wildman–Crippen LogP) is 3.36. The van der Waals surface area contributed by atoms with E-state index in [0.717, 1.165) is 43.8 Å². The van der Waals surface area contributed by atoms with Gasteiger partial charge in [0.25, 0.3) is 0 Å². The Morgan fingerprint density at radius 1 is 1.31 bits per heavy atom. The molecule has 0 bridgehead atoms. The van der Waals surface area contributed by atoms with Gasteiger partial charge in [0.05, 0.1) is 17.1 Å². The van der Waals surface area contributed by atoms with E-state index in [9.17, 15) is 8.42 Å². The monoisotopic (exact) mass is 379 g/mol. The van der Waals surface area contributed by atoms with E-state index in [1.807, 2.05) is 18.3 Å². The Balaban J connectivity index is 2.00. The third-order valence-electron chi connectivity index (χ3n) is 4.91. The molecule has 2 aromatic rings. The van der Waals surface area contributed by atoms with Gasteiger partial charge in [0, 0.05) is 36.6 Å². The number of imidazole rings is 1. The molecule has 144 valence electrons. The molecule has 0 atom stereocenters. The number of hydrogen-bond acceptors (Lipinski definition) is 4. The van der Waals surface area contributed by atoms with E-state index >= 15 is 0 Å². The van der Waals surface area contributed by atoms with Gasteiger partial charge in [-0.1, -0.05) is 20.8 Å². The average Bonchev–Trinajstić information content (AvgIpc) is 2.93. The van der Waals surface area contributed by atoms with Gasteiger partial charge in [0.15, 0.2) is 0 Å². The summed E-state index contributed by atoms with van der Waals surface area (Å²) in [6, 6.07) is 3.62. The fourth-order valence-corrected chi connectivity index (χ4v) is 4.06. The van der Waals surface area contributed by atoms with Gasteiger partial charge >= 0.3 is 0 Å². The van der Waals surface area contributed by atoms with Crippen LogP contribution < -0.4 is 4.72 Å². The van der Waals surface area contributed by atoms with E-state index in [1.165, 1.54) is 5.69 Å². The van der Waals surface area contributed by atoms with Crippen molar-refractivity contribution in [3.63, 3.8) is 0 Å². The van der Waals surface area contributed by atoms with Gasteiger partial charge < -0.3 is 9.14 Å². The van der Waals surface area contributed by atoms with Gasteiger partial charge in [-0.3, -0.25) is 4.72 Å². The molecule has 1 aliphatic heterocycles. The van der Waals surface area contributed by atoms with Crippen molar-refractivity contribution in [2.45, 2.75) is 52.4 Å². The highest BCUT2D eigenvalue weighted by molar-refractivity contribution is 7.92. The molecular weight excluding hydrogens is 350 g/mol. The molecule has 1 saturated heterocycles. The van der Waals surface area contributed by atoms with Crippen LogP contribution in [0, 0.1) is 5.92 Å². The van der Waals surface area contributed by atoms with Crippen LogP contribution in [-0.4, -0.2) is 36.8 Å². The standard InChI is InChI=1S/C19H29N3O3S/c1-5-26(23,24)21-15-6-9-22-16(12-14-7-10-25-11-8-14)18(19(2,3)4)20-17(22)13-15/h6,9,13-14,21H,5,7-8,10-12H2,1-4H3. The summed E-state index contributed by atoms with van der Waals surface area (Å²) in [5.41, 5.74) is 3.58. The van der Waals surface area contributed by atoms with E-state index in [1.54, 1.807) is 6.92 Å². The number of nitrogens with zero attached hydrogens (tertiary/aromatic N) is 2. The molecule has 3 heterocycles. The summed E-state index contributed by atoms with van der Waals surface area (Å²) in [6.07, 6.45) is 5.05. The van der Waals surface area contributed by atoms with Crippen molar-refractivity contribution in [2.75, 3.05) is 23.7 Å². The van der Waals surface area contributed by atoms with Crippen LogP contribution in [0.3, 0.4) is 0 Å². The fourth-order valence-electron chi connectivity index (χ4n) is 3.43. The zero-order chi connectivity index (χ0) is 18.9. The van der Waals surface area contributed by atoms with Crippen molar-refractivity contribution in [1.29, 1.82) is 0 Å². The van der Waals surface area contributed by atoms with Crippen molar-refractivity contribution in [2.24, 2.45) is 5.92 Å². The molecule has 6 nitrogen and oxygen atoms in total. The molecule has 0 spiro atoms. The van der Waals surface area contributed by atoms with Crippen LogP contribution in [0.15, 0.2) is 18.3 Å². The quantitative estimate of drug-likeness (QED) is 0.864. The van der Waals surface area contributed by atoms with E-state index < -0.39 is 10.0 Å². The lowest BCUT2D eigenvalue weighted by Gasteiger charge is -2.24. The lowest BCUT2D eigenvalue weighted by atomic mass is 9.86. The van der Waals surface area contributed by atoms with Crippen molar-refractivity contribution < 1.29 is 13.2 Å². The molecule has 2 aromatic heterocycles.